The van der Waals surface area contributed by atoms with Crippen LogP contribution in [0, 0.1) is 0 Å². The van der Waals surface area contributed by atoms with Crippen molar-refractivity contribution >= 4 is 40.7 Å². The van der Waals surface area contributed by atoms with Crippen LogP contribution in [0.2, 0.25) is 10.0 Å². The molecule has 1 aromatic heterocycles. The lowest BCUT2D eigenvalue weighted by molar-refractivity contribution is 0.102. The molecular formula is C15H16Cl2N4O. The SMILES string of the molecule is CC(C)(C)Nc1nccc(C(=O)Nc2cc(Cl)cc(Cl)c2)n1. The number of rotatable bonds is 3. The average molecular weight is 339 g/mol. The zero-order valence-electron chi connectivity index (χ0n) is 12.4. The van der Waals surface area contributed by atoms with E-state index in [9.17, 15) is 4.79 Å². The number of hydrogen-bond acceptors (Lipinski definition) is 4. The summed E-state index contributed by atoms with van der Waals surface area (Å²) in [6, 6.07) is 6.35. The Kier molecular flexibility index (Phi) is 4.88. The zero-order valence-corrected chi connectivity index (χ0v) is 14.0. The Bertz CT molecular complexity index is 678. The summed E-state index contributed by atoms with van der Waals surface area (Å²) < 4.78 is 0. The van der Waals surface area contributed by atoms with Crippen LogP contribution in [0.25, 0.3) is 0 Å². The van der Waals surface area contributed by atoms with E-state index in [1.807, 2.05) is 20.8 Å². The minimum absolute atomic E-state index is 0.199. The molecule has 0 atom stereocenters. The molecule has 2 aromatic rings. The summed E-state index contributed by atoms with van der Waals surface area (Å²) in [5.74, 6) is 0.0296. The second-order valence-electron chi connectivity index (χ2n) is 5.75. The molecule has 0 bridgehead atoms. The Labute approximate surface area is 139 Å². The first-order valence-corrected chi connectivity index (χ1v) is 7.37. The van der Waals surface area contributed by atoms with Gasteiger partial charge in [-0.05, 0) is 45.0 Å². The molecule has 7 heteroatoms. The second kappa shape index (κ2) is 6.50. The second-order valence-corrected chi connectivity index (χ2v) is 6.63. The summed E-state index contributed by atoms with van der Waals surface area (Å²) in [4.78, 5) is 20.5. The molecule has 0 unspecified atom stereocenters. The van der Waals surface area contributed by atoms with Crippen molar-refractivity contribution in [2.75, 3.05) is 10.6 Å². The van der Waals surface area contributed by atoms with Crippen molar-refractivity contribution in [3.8, 4) is 0 Å². The van der Waals surface area contributed by atoms with Crippen LogP contribution < -0.4 is 10.6 Å². The fraction of sp³-hybridized carbons (Fsp3) is 0.267. The summed E-state index contributed by atoms with van der Waals surface area (Å²) in [7, 11) is 0. The van der Waals surface area contributed by atoms with Gasteiger partial charge in [-0.15, -0.1) is 0 Å². The minimum atomic E-state index is -0.363. The van der Waals surface area contributed by atoms with Gasteiger partial charge < -0.3 is 10.6 Å². The maximum atomic E-state index is 12.2. The van der Waals surface area contributed by atoms with E-state index in [2.05, 4.69) is 20.6 Å². The normalized spacial score (nSPS) is 11.1. The maximum absolute atomic E-state index is 12.2. The van der Waals surface area contributed by atoms with E-state index in [-0.39, 0.29) is 17.1 Å². The number of hydrogen-bond donors (Lipinski definition) is 2. The van der Waals surface area contributed by atoms with Gasteiger partial charge in [-0.3, -0.25) is 4.79 Å². The van der Waals surface area contributed by atoms with Crippen LogP contribution in [0.15, 0.2) is 30.5 Å². The van der Waals surface area contributed by atoms with Gasteiger partial charge in [-0.25, -0.2) is 9.97 Å². The molecule has 0 spiro atoms. The van der Waals surface area contributed by atoms with Crippen molar-refractivity contribution in [3.05, 3.63) is 46.2 Å². The third-order valence-corrected chi connectivity index (χ3v) is 2.93. The van der Waals surface area contributed by atoms with Crippen molar-refractivity contribution in [2.24, 2.45) is 0 Å². The number of nitrogens with zero attached hydrogens (tertiary/aromatic N) is 2. The lowest BCUT2D eigenvalue weighted by Crippen LogP contribution is -2.28. The first-order chi connectivity index (χ1) is 10.2. The van der Waals surface area contributed by atoms with Crippen molar-refractivity contribution in [1.29, 1.82) is 0 Å². The van der Waals surface area contributed by atoms with Crippen LogP contribution in [-0.2, 0) is 0 Å². The number of nitrogens with one attached hydrogen (secondary N) is 2. The Morgan fingerprint density at radius 3 is 2.36 bits per heavy atom. The van der Waals surface area contributed by atoms with E-state index in [1.54, 1.807) is 18.2 Å². The first-order valence-electron chi connectivity index (χ1n) is 6.62. The predicted octanol–water partition coefficient (Wildman–Crippen LogP) is 4.25. The van der Waals surface area contributed by atoms with E-state index < -0.39 is 0 Å². The Morgan fingerprint density at radius 2 is 1.77 bits per heavy atom. The van der Waals surface area contributed by atoms with Gasteiger partial charge in [0.15, 0.2) is 0 Å². The first kappa shape index (κ1) is 16.5. The molecule has 2 rings (SSSR count). The van der Waals surface area contributed by atoms with Crippen molar-refractivity contribution < 1.29 is 4.79 Å². The Morgan fingerprint density at radius 1 is 1.14 bits per heavy atom. The largest absolute Gasteiger partial charge is 0.350 e. The highest BCUT2D eigenvalue weighted by atomic mass is 35.5. The third-order valence-electron chi connectivity index (χ3n) is 2.50. The summed E-state index contributed by atoms with van der Waals surface area (Å²) in [5, 5.41) is 6.71. The van der Waals surface area contributed by atoms with E-state index >= 15 is 0 Å². The molecule has 0 aliphatic rings. The molecule has 1 heterocycles. The molecular weight excluding hydrogens is 323 g/mol. The average Bonchev–Trinajstić information content (AvgIpc) is 2.35. The van der Waals surface area contributed by atoms with Gasteiger partial charge in [0, 0.05) is 27.5 Å². The number of halogens is 2. The van der Waals surface area contributed by atoms with E-state index in [0.717, 1.165) is 0 Å². The molecule has 5 nitrogen and oxygen atoms in total. The van der Waals surface area contributed by atoms with Crippen molar-refractivity contribution in [1.82, 2.24) is 9.97 Å². The van der Waals surface area contributed by atoms with Crippen LogP contribution in [0.1, 0.15) is 31.3 Å². The van der Waals surface area contributed by atoms with Gasteiger partial charge >= 0.3 is 0 Å². The van der Waals surface area contributed by atoms with Gasteiger partial charge in [0.2, 0.25) is 5.95 Å². The van der Waals surface area contributed by atoms with Crippen LogP contribution in [0.4, 0.5) is 11.6 Å². The number of carbonyl (C=O) groups is 1. The van der Waals surface area contributed by atoms with Crippen LogP contribution in [0.5, 0.6) is 0 Å². The lowest BCUT2D eigenvalue weighted by atomic mass is 10.1. The highest BCUT2D eigenvalue weighted by Crippen LogP contribution is 2.22. The third kappa shape index (κ3) is 4.86. The van der Waals surface area contributed by atoms with E-state index in [0.29, 0.717) is 21.7 Å². The molecule has 1 aromatic carbocycles. The molecule has 0 aliphatic carbocycles. The van der Waals surface area contributed by atoms with Gasteiger partial charge in [0.05, 0.1) is 0 Å². The smallest absolute Gasteiger partial charge is 0.274 e. The number of benzene rings is 1. The highest BCUT2D eigenvalue weighted by Gasteiger charge is 2.14. The minimum Gasteiger partial charge on any atom is -0.350 e. The summed E-state index contributed by atoms with van der Waals surface area (Å²) in [6.07, 6.45) is 1.53. The van der Waals surface area contributed by atoms with Gasteiger partial charge in [0.25, 0.3) is 5.91 Å². The maximum Gasteiger partial charge on any atom is 0.274 e. The molecule has 0 saturated heterocycles. The summed E-state index contributed by atoms with van der Waals surface area (Å²) in [5.41, 5.74) is 0.555. The summed E-state index contributed by atoms with van der Waals surface area (Å²) in [6.45, 7) is 5.95. The molecule has 116 valence electrons. The number of aromatic nitrogens is 2. The molecule has 2 N–H and O–H groups in total. The monoisotopic (exact) mass is 338 g/mol. The van der Waals surface area contributed by atoms with Crippen molar-refractivity contribution in [2.45, 2.75) is 26.3 Å². The van der Waals surface area contributed by atoms with Gasteiger partial charge in [-0.1, -0.05) is 23.2 Å². The lowest BCUT2D eigenvalue weighted by Gasteiger charge is -2.20. The molecule has 1 amide bonds. The van der Waals surface area contributed by atoms with E-state index in [4.69, 9.17) is 23.2 Å². The van der Waals surface area contributed by atoms with Gasteiger partial charge in [0.1, 0.15) is 5.69 Å². The Hall–Kier alpha value is -1.85. The van der Waals surface area contributed by atoms with Crippen LogP contribution in [0.3, 0.4) is 0 Å². The number of carbonyl (C=O) groups excluding carboxylic acids is 1. The van der Waals surface area contributed by atoms with Crippen LogP contribution in [-0.4, -0.2) is 21.4 Å². The number of anilines is 2. The topological polar surface area (TPSA) is 66.9 Å². The van der Waals surface area contributed by atoms with Gasteiger partial charge in [-0.2, -0.15) is 0 Å². The molecule has 0 radical (unpaired) electrons. The fourth-order valence-electron chi connectivity index (χ4n) is 1.70. The van der Waals surface area contributed by atoms with E-state index in [1.165, 1.54) is 12.3 Å². The van der Waals surface area contributed by atoms with Crippen molar-refractivity contribution in [3.63, 3.8) is 0 Å². The molecule has 0 saturated carbocycles. The number of amides is 1. The highest BCUT2D eigenvalue weighted by molar-refractivity contribution is 6.35. The molecule has 0 fully saturated rings. The van der Waals surface area contributed by atoms with Crippen LogP contribution >= 0.6 is 23.2 Å². The molecule has 0 aliphatic heterocycles. The quantitative estimate of drug-likeness (QED) is 0.877. The fourth-order valence-corrected chi connectivity index (χ4v) is 2.23. The standard InChI is InChI=1S/C15H16Cl2N4O/c1-15(2,3)21-14-18-5-4-12(20-14)13(22)19-11-7-9(16)6-10(17)8-11/h4-8H,1-3H3,(H,19,22)(H,18,20,21). The molecule has 22 heavy (non-hydrogen) atoms. The Balaban J connectivity index is 2.17. The predicted molar refractivity (Wildman–Crippen MR) is 89.8 cm³/mol. The zero-order chi connectivity index (χ0) is 16.3. The summed E-state index contributed by atoms with van der Waals surface area (Å²) >= 11 is 11.8.